The minimum atomic E-state index is 0.887. The number of methoxy groups -OCH3 is 1. The molecule has 0 saturated heterocycles. The molecule has 0 amide bonds. The maximum absolute atomic E-state index is 5.13. The molecule has 1 aromatic rings. The molecule has 1 heterocycles. The van der Waals surface area contributed by atoms with E-state index in [2.05, 4.69) is 11.9 Å². The van der Waals surface area contributed by atoms with Crippen LogP contribution < -0.4 is 4.74 Å². The normalized spacial score (nSPS) is 9.73. The van der Waals surface area contributed by atoms with Gasteiger partial charge < -0.3 is 4.74 Å². The molecule has 0 aliphatic heterocycles. The third-order valence-electron chi connectivity index (χ3n) is 1.63. The van der Waals surface area contributed by atoms with Gasteiger partial charge in [-0.3, -0.25) is 4.98 Å². The first-order chi connectivity index (χ1) is 5.27. The standard InChI is InChI=1S/C9H13NO/c1-4-8-9(11-3)6-5-7(2)10-8/h5-6H,4H2,1-3H3. The van der Waals surface area contributed by atoms with Gasteiger partial charge in [0.05, 0.1) is 12.8 Å². The molecule has 0 aliphatic carbocycles. The fourth-order valence-corrected chi connectivity index (χ4v) is 1.04. The molecule has 1 aromatic heterocycles. The molecule has 0 bridgehead atoms. The molecule has 0 N–H and O–H groups in total. The van der Waals surface area contributed by atoms with Crippen LogP contribution in [0.15, 0.2) is 12.1 Å². The van der Waals surface area contributed by atoms with Gasteiger partial charge in [0.25, 0.3) is 0 Å². The van der Waals surface area contributed by atoms with Gasteiger partial charge in [-0.05, 0) is 25.5 Å². The first kappa shape index (κ1) is 8.05. The maximum atomic E-state index is 5.13. The summed E-state index contributed by atoms with van der Waals surface area (Å²) in [5.41, 5.74) is 2.08. The van der Waals surface area contributed by atoms with Crippen LogP contribution in [0.25, 0.3) is 0 Å². The van der Waals surface area contributed by atoms with E-state index in [0.717, 1.165) is 23.6 Å². The summed E-state index contributed by atoms with van der Waals surface area (Å²) in [6.07, 6.45) is 0.921. The van der Waals surface area contributed by atoms with Gasteiger partial charge >= 0.3 is 0 Å². The topological polar surface area (TPSA) is 22.1 Å². The maximum Gasteiger partial charge on any atom is 0.140 e. The van der Waals surface area contributed by atoms with Crippen molar-refractivity contribution >= 4 is 0 Å². The van der Waals surface area contributed by atoms with Gasteiger partial charge in [0.2, 0.25) is 0 Å². The van der Waals surface area contributed by atoms with E-state index < -0.39 is 0 Å². The SMILES string of the molecule is CCc1nc(C)ccc1OC. The minimum absolute atomic E-state index is 0.887. The molecule has 0 unspecified atom stereocenters. The Balaban J connectivity index is 3.06. The highest BCUT2D eigenvalue weighted by Gasteiger charge is 2.00. The average molecular weight is 151 g/mol. The molecule has 0 aromatic carbocycles. The van der Waals surface area contributed by atoms with Gasteiger partial charge in [-0.1, -0.05) is 6.92 Å². The van der Waals surface area contributed by atoms with Crippen LogP contribution in [0.5, 0.6) is 5.75 Å². The Morgan fingerprint density at radius 1 is 1.45 bits per heavy atom. The van der Waals surface area contributed by atoms with E-state index in [4.69, 9.17) is 4.74 Å². The molecule has 0 saturated carbocycles. The lowest BCUT2D eigenvalue weighted by Crippen LogP contribution is -1.95. The second kappa shape index (κ2) is 3.37. The van der Waals surface area contributed by atoms with Crippen molar-refractivity contribution < 1.29 is 4.74 Å². The Bertz CT molecular complexity index is 245. The van der Waals surface area contributed by atoms with Crippen LogP contribution in [-0.4, -0.2) is 12.1 Å². The number of nitrogens with zero attached hydrogens (tertiary/aromatic N) is 1. The molecular formula is C9H13NO. The number of ether oxygens (including phenoxy) is 1. The average Bonchev–Trinajstić information content (AvgIpc) is 2.04. The Kier molecular flexibility index (Phi) is 2.47. The Labute approximate surface area is 67.2 Å². The zero-order valence-corrected chi connectivity index (χ0v) is 7.22. The van der Waals surface area contributed by atoms with Gasteiger partial charge in [-0.25, -0.2) is 0 Å². The minimum Gasteiger partial charge on any atom is -0.495 e. The lowest BCUT2D eigenvalue weighted by atomic mass is 10.2. The lowest BCUT2D eigenvalue weighted by Gasteiger charge is -2.05. The van der Waals surface area contributed by atoms with Crippen molar-refractivity contribution in [2.45, 2.75) is 20.3 Å². The van der Waals surface area contributed by atoms with Crippen LogP contribution in [0, 0.1) is 6.92 Å². The molecule has 0 fully saturated rings. The smallest absolute Gasteiger partial charge is 0.140 e. The summed E-state index contributed by atoms with van der Waals surface area (Å²) < 4.78 is 5.13. The number of aryl methyl sites for hydroxylation is 2. The molecule has 1 rings (SSSR count). The molecule has 0 radical (unpaired) electrons. The first-order valence-electron chi connectivity index (χ1n) is 3.78. The van der Waals surface area contributed by atoms with Crippen molar-refractivity contribution in [3.05, 3.63) is 23.5 Å². The van der Waals surface area contributed by atoms with Gasteiger partial charge in [-0.2, -0.15) is 0 Å². The number of rotatable bonds is 2. The second-order valence-corrected chi connectivity index (χ2v) is 2.46. The van der Waals surface area contributed by atoms with Crippen LogP contribution in [0.1, 0.15) is 18.3 Å². The molecule has 0 spiro atoms. The largest absolute Gasteiger partial charge is 0.495 e. The van der Waals surface area contributed by atoms with Crippen molar-refractivity contribution in [2.75, 3.05) is 7.11 Å². The van der Waals surface area contributed by atoms with E-state index in [1.165, 1.54) is 0 Å². The van der Waals surface area contributed by atoms with E-state index in [9.17, 15) is 0 Å². The van der Waals surface area contributed by atoms with Crippen molar-refractivity contribution in [3.8, 4) is 5.75 Å². The summed E-state index contributed by atoms with van der Waals surface area (Å²) in [5, 5.41) is 0. The van der Waals surface area contributed by atoms with E-state index >= 15 is 0 Å². The second-order valence-electron chi connectivity index (χ2n) is 2.46. The number of hydrogen-bond donors (Lipinski definition) is 0. The van der Waals surface area contributed by atoms with E-state index in [1.54, 1.807) is 7.11 Å². The molecule has 2 heteroatoms. The summed E-state index contributed by atoms with van der Waals surface area (Å²) in [6, 6.07) is 3.92. The zero-order chi connectivity index (χ0) is 8.27. The molecule has 11 heavy (non-hydrogen) atoms. The van der Waals surface area contributed by atoms with Crippen molar-refractivity contribution in [1.82, 2.24) is 4.98 Å². The first-order valence-corrected chi connectivity index (χ1v) is 3.78. The quantitative estimate of drug-likeness (QED) is 0.644. The molecule has 60 valence electrons. The third kappa shape index (κ3) is 1.70. The number of hydrogen-bond acceptors (Lipinski definition) is 2. The summed E-state index contributed by atoms with van der Waals surface area (Å²) in [5.74, 6) is 0.887. The fraction of sp³-hybridized carbons (Fsp3) is 0.444. The van der Waals surface area contributed by atoms with Crippen molar-refractivity contribution in [1.29, 1.82) is 0 Å². The van der Waals surface area contributed by atoms with Crippen molar-refractivity contribution in [3.63, 3.8) is 0 Å². The van der Waals surface area contributed by atoms with E-state index in [1.807, 2.05) is 19.1 Å². The number of aromatic nitrogens is 1. The number of pyridine rings is 1. The summed E-state index contributed by atoms with van der Waals surface area (Å²) in [6.45, 7) is 4.06. The predicted molar refractivity (Wildman–Crippen MR) is 44.9 cm³/mol. The third-order valence-corrected chi connectivity index (χ3v) is 1.63. The van der Waals surface area contributed by atoms with Crippen LogP contribution in [-0.2, 0) is 6.42 Å². The molecule has 0 atom stereocenters. The highest BCUT2D eigenvalue weighted by Crippen LogP contribution is 2.15. The monoisotopic (exact) mass is 151 g/mol. The summed E-state index contributed by atoms with van der Waals surface area (Å²) in [4.78, 5) is 4.34. The van der Waals surface area contributed by atoms with Crippen LogP contribution in [0.2, 0.25) is 0 Å². The predicted octanol–water partition coefficient (Wildman–Crippen LogP) is 1.96. The van der Waals surface area contributed by atoms with Gasteiger partial charge in [0.1, 0.15) is 5.75 Å². The van der Waals surface area contributed by atoms with E-state index in [0.29, 0.717) is 0 Å². The molecule has 2 nitrogen and oxygen atoms in total. The fourth-order valence-electron chi connectivity index (χ4n) is 1.04. The van der Waals surface area contributed by atoms with Crippen LogP contribution >= 0.6 is 0 Å². The summed E-state index contributed by atoms with van der Waals surface area (Å²) in [7, 11) is 1.67. The van der Waals surface area contributed by atoms with Crippen molar-refractivity contribution in [2.24, 2.45) is 0 Å². The Hall–Kier alpha value is -1.05. The van der Waals surface area contributed by atoms with Gasteiger partial charge in [0, 0.05) is 5.69 Å². The van der Waals surface area contributed by atoms with Crippen LogP contribution in [0.4, 0.5) is 0 Å². The Morgan fingerprint density at radius 3 is 2.73 bits per heavy atom. The Morgan fingerprint density at radius 2 is 2.18 bits per heavy atom. The lowest BCUT2D eigenvalue weighted by molar-refractivity contribution is 0.407. The molecular weight excluding hydrogens is 138 g/mol. The van der Waals surface area contributed by atoms with Gasteiger partial charge in [0.15, 0.2) is 0 Å². The van der Waals surface area contributed by atoms with Gasteiger partial charge in [-0.15, -0.1) is 0 Å². The van der Waals surface area contributed by atoms with E-state index in [-0.39, 0.29) is 0 Å². The summed E-state index contributed by atoms with van der Waals surface area (Å²) >= 11 is 0. The highest BCUT2D eigenvalue weighted by atomic mass is 16.5. The molecule has 0 aliphatic rings. The van der Waals surface area contributed by atoms with Crippen LogP contribution in [0.3, 0.4) is 0 Å². The zero-order valence-electron chi connectivity index (χ0n) is 7.22. The highest BCUT2D eigenvalue weighted by molar-refractivity contribution is 5.28.